The van der Waals surface area contributed by atoms with Crippen molar-refractivity contribution < 1.29 is 5.21 Å². The Hall–Kier alpha value is -1.55. The SMILES string of the molecule is CCN(CC(C(N)=NO)c1ccccc1)C1CCCCC1. The summed E-state index contributed by atoms with van der Waals surface area (Å²) in [6.45, 7) is 4.02. The first-order chi connectivity index (χ1) is 10.3. The molecule has 4 nitrogen and oxygen atoms in total. The van der Waals surface area contributed by atoms with E-state index in [0.29, 0.717) is 11.9 Å². The third-order valence-corrected chi connectivity index (χ3v) is 4.59. The van der Waals surface area contributed by atoms with Gasteiger partial charge in [-0.1, -0.05) is 61.7 Å². The molecule has 0 spiro atoms. The van der Waals surface area contributed by atoms with E-state index >= 15 is 0 Å². The van der Waals surface area contributed by atoms with Crippen LogP contribution >= 0.6 is 0 Å². The summed E-state index contributed by atoms with van der Waals surface area (Å²) < 4.78 is 0. The highest BCUT2D eigenvalue weighted by Gasteiger charge is 2.25. The van der Waals surface area contributed by atoms with Crippen LogP contribution in [-0.2, 0) is 0 Å². The number of nitrogens with zero attached hydrogens (tertiary/aromatic N) is 2. The van der Waals surface area contributed by atoms with E-state index in [1.807, 2.05) is 18.2 Å². The van der Waals surface area contributed by atoms with E-state index in [1.54, 1.807) is 0 Å². The van der Waals surface area contributed by atoms with Crippen LogP contribution in [0.3, 0.4) is 0 Å². The highest BCUT2D eigenvalue weighted by molar-refractivity contribution is 5.87. The Balaban J connectivity index is 2.13. The number of oxime groups is 1. The van der Waals surface area contributed by atoms with Crippen molar-refractivity contribution in [3.63, 3.8) is 0 Å². The number of benzene rings is 1. The zero-order valence-corrected chi connectivity index (χ0v) is 12.9. The minimum Gasteiger partial charge on any atom is -0.409 e. The van der Waals surface area contributed by atoms with Gasteiger partial charge >= 0.3 is 0 Å². The Morgan fingerprint density at radius 3 is 2.52 bits per heavy atom. The van der Waals surface area contributed by atoms with Gasteiger partial charge in [0.1, 0.15) is 5.84 Å². The van der Waals surface area contributed by atoms with Gasteiger partial charge in [-0.25, -0.2) is 0 Å². The Labute approximate surface area is 127 Å². The van der Waals surface area contributed by atoms with Crippen LogP contribution in [0.4, 0.5) is 0 Å². The van der Waals surface area contributed by atoms with Gasteiger partial charge in [0, 0.05) is 12.6 Å². The average molecular weight is 289 g/mol. The first kappa shape index (κ1) is 15.8. The van der Waals surface area contributed by atoms with Crippen LogP contribution < -0.4 is 5.73 Å². The van der Waals surface area contributed by atoms with Crippen molar-refractivity contribution in [2.75, 3.05) is 13.1 Å². The van der Waals surface area contributed by atoms with E-state index < -0.39 is 0 Å². The second-order valence-electron chi connectivity index (χ2n) is 5.87. The monoisotopic (exact) mass is 289 g/mol. The molecule has 0 radical (unpaired) electrons. The number of amidine groups is 1. The maximum absolute atomic E-state index is 9.11. The van der Waals surface area contributed by atoms with Gasteiger partial charge in [-0.15, -0.1) is 0 Å². The highest BCUT2D eigenvalue weighted by atomic mass is 16.4. The molecule has 3 N–H and O–H groups in total. The van der Waals surface area contributed by atoms with Crippen LogP contribution in [-0.4, -0.2) is 35.1 Å². The molecule has 4 heteroatoms. The molecule has 0 saturated heterocycles. The smallest absolute Gasteiger partial charge is 0.147 e. The minimum atomic E-state index is -0.0434. The van der Waals surface area contributed by atoms with E-state index in [1.165, 1.54) is 32.1 Å². The first-order valence-electron chi connectivity index (χ1n) is 8.02. The summed E-state index contributed by atoms with van der Waals surface area (Å²) in [5, 5.41) is 12.4. The summed E-state index contributed by atoms with van der Waals surface area (Å²) in [7, 11) is 0. The lowest BCUT2D eigenvalue weighted by molar-refractivity contribution is 0.161. The van der Waals surface area contributed by atoms with Gasteiger partial charge in [0.15, 0.2) is 0 Å². The normalized spacial score (nSPS) is 18.9. The molecule has 1 unspecified atom stereocenters. The van der Waals surface area contributed by atoms with E-state index in [4.69, 9.17) is 10.9 Å². The molecule has 116 valence electrons. The van der Waals surface area contributed by atoms with Crippen molar-refractivity contribution in [2.24, 2.45) is 10.9 Å². The van der Waals surface area contributed by atoms with Crippen molar-refractivity contribution >= 4 is 5.84 Å². The molecule has 1 aromatic carbocycles. The number of hydrogen-bond acceptors (Lipinski definition) is 3. The molecule has 2 rings (SSSR count). The predicted molar refractivity (Wildman–Crippen MR) is 86.7 cm³/mol. The van der Waals surface area contributed by atoms with Crippen LogP contribution in [0.2, 0.25) is 0 Å². The van der Waals surface area contributed by atoms with Crippen molar-refractivity contribution in [2.45, 2.75) is 51.0 Å². The van der Waals surface area contributed by atoms with Crippen LogP contribution in [0.1, 0.15) is 50.5 Å². The third-order valence-electron chi connectivity index (χ3n) is 4.59. The van der Waals surface area contributed by atoms with Gasteiger partial charge in [-0.05, 0) is 24.9 Å². The molecule has 1 aliphatic carbocycles. The van der Waals surface area contributed by atoms with Crippen LogP contribution in [0.15, 0.2) is 35.5 Å². The molecule has 1 fully saturated rings. The van der Waals surface area contributed by atoms with Crippen LogP contribution in [0, 0.1) is 0 Å². The van der Waals surface area contributed by atoms with Crippen LogP contribution in [0.5, 0.6) is 0 Å². The van der Waals surface area contributed by atoms with Gasteiger partial charge in [0.2, 0.25) is 0 Å². The Kier molecular flexibility index (Phi) is 6.05. The number of likely N-dealkylation sites (N-methyl/N-ethyl adjacent to an activating group) is 1. The van der Waals surface area contributed by atoms with E-state index in [9.17, 15) is 0 Å². The molecule has 1 saturated carbocycles. The van der Waals surface area contributed by atoms with Gasteiger partial charge in [0.05, 0.1) is 5.92 Å². The quantitative estimate of drug-likeness (QED) is 0.366. The van der Waals surface area contributed by atoms with E-state index in [0.717, 1.165) is 18.7 Å². The fraction of sp³-hybridized carbons (Fsp3) is 0.588. The van der Waals surface area contributed by atoms with Gasteiger partial charge in [-0.2, -0.15) is 0 Å². The summed E-state index contributed by atoms with van der Waals surface area (Å²) in [6, 6.07) is 10.7. The zero-order valence-electron chi connectivity index (χ0n) is 12.9. The molecule has 21 heavy (non-hydrogen) atoms. The molecule has 0 aromatic heterocycles. The Bertz CT molecular complexity index is 441. The Morgan fingerprint density at radius 2 is 1.95 bits per heavy atom. The lowest BCUT2D eigenvalue weighted by Gasteiger charge is -2.35. The molecule has 1 atom stereocenters. The van der Waals surface area contributed by atoms with Crippen molar-refractivity contribution in [1.82, 2.24) is 4.90 Å². The Morgan fingerprint density at radius 1 is 1.29 bits per heavy atom. The predicted octanol–water partition coefficient (Wildman–Crippen LogP) is 3.17. The van der Waals surface area contributed by atoms with E-state index in [-0.39, 0.29) is 5.92 Å². The molecular formula is C17H27N3O. The highest BCUT2D eigenvalue weighted by Crippen LogP contribution is 2.25. The van der Waals surface area contributed by atoms with Gasteiger partial charge in [-0.3, -0.25) is 4.90 Å². The molecule has 1 aromatic rings. The van der Waals surface area contributed by atoms with Gasteiger partial charge in [0.25, 0.3) is 0 Å². The van der Waals surface area contributed by atoms with E-state index in [2.05, 4.69) is 29.1 Å². The van der Waals surface area contributed by atoms with Crippen molar-refractivity contribution in [3.8, 4) is 0 Å². The summed E-state index contributed by atoms with van der Waals surface area (Å²) in [5.41, 5.74) is 7.07. The number of rotatable bonds is 6. The third kappa shape index (κ3) is 4.21. The molecular weight excluding hydrogens is 262 g/mol. The van der Waals surface area contributed by atoms with Gasteiger partial charge < -0.3 is 10.9 Å². The summed E-state index contributed by atoms with van der Waals surface area (Å²) in [6.07, 6.45) is 6.54. The first-order valence-corrected chi connectivity index (χ1v) is 8.02. The van der Waals surface area contributed by atoms with Crippen molar-refractivity contribution in [3.05, 3.63) is 35.9 Å². The molecule has 0 bridgehead atoms. The average Bonchev–Trinajstić information content (AvgIpc) is 2.57. The number of nitrogens with two attached hydrogens (primary N) is 1. The second-order valence-corrected chi connectivity index (χ2v) is 5.87. The lowest BCUT2D eigenvalue weighted by Crippen LogP contribution is -2.42. The molecule has 0 aliphatic heterocycles. The molecule has 1 aliphatic rings. The standard InChI is InChI=1S/C17H27N3O/c1-2-20(15-11-7-4-8-12-15)13-16(17(18)19-21)14-9-5-3-6-10-14/h3,5-6,9-10,15-16,21H,2,4,7-8,11-13H2,1H3,(H2,18,19). The topological polar surface area (TPSA) is 61.8 Å². The largest absolute Gasteiger partial charge is 0.409 e. The van der Waals surface area contributed by atoms with Crippen molar-refractivity contribution in [1.29, 1.82) is 0 Å². The number of hydrogen-bond donors (Lipinski definition) is 2. The minimum absolute atomic E-state index is 0.0434. The molecule has 0 heterocycles. The zero-order chi connectivity index (χ0) is 15.1. The fourth-order valence-electron chi connectivity index (χ4n) is 3.34. The fourth-order valence-corrected chi connectivity index (χ4v) is 3.34. The second kappa shape index (κ2) is 8.03. The molecule has 0 amide bonds. The summed E-state index contributed by atoms with van der Waals surface area (Å²) >= 11 is 0. The summed E-state index contributed by atoms with van der Waals surface area (Å²) in [5.74, 6) is 0.258. The summed E-state index contributed by atoms with van der Waals surface area (Å²) in [4.78, 5) is 2.49. The maximum atomic E-state index is 9.11. The lowest BCUT2D eigenvalue weighted by atomic mass is 9.91. The van der Waals surface area contributed by atoms with Crippen LogP contribution in [0.25, 0.3) is 0 Å². The maximum Gasteiger partial charge on any atom is 0.147 e.